The third kappa shape index (κ3) is 1.89. The maximum absolute atomic E-state index is 12.2. The second-order valence-electron chi connectivity index (χ2n) is 4.27. The highest BCUT2D eigenvalue weighted by Gasteiger charge is 2.20. The van der Waals surface area contributed by atoms with Gasteiger partial charge in [0.25, 0.3) is 10.1 Å². The molecule has 4 heteroatoms. The van der Waals surface area contributed by atoms with E-state index in [-0.39, 0.29) is 4.90 Å². The molecule has 0 fully saturated rings. The van der Waals surface area contributed by atoms with E-state index in [0.717, 1.165) is 10.8 Å². The number of benzene rings is 3. The summed E-state index contributed by atoms with van der Waals surface area (Å²) in [5, 5.41) is 3.14. The van der Waals surface area contributed by atoms with Crippen molar-refractivity contribution in [1.29, 1.82) is 0 Å². The van der Waals surface area contributed by atoms with Gasteiger partial charge in [0.05, 0.1) is 7.11 Å². The van der Waals surface area contributed by atoms with Crippen molar-refractivity contribution in [2.24, 2.45) is 0 Å². The summed E-state index contributed by atoms with van der Waals surface area (Å²) in [5.41, 5.74) is 0. The Balaban J connectivity index is 2.62. The average Bonchev–Trinajstić information content (AvgIpc) is 2.44. The minimum atomic E-state index is -3.75. The van der Waals surface area contributed by atoms with E-state index in [1.807, 2.05) is 42.5 Å². The van der Waals surface area contributed by atoms with Gasteiger partial charge in [0.1, 0.15) is 4.90 Å². The van der Waals surface area contributed by atoms with Crippen LogP contribution in [-0.2, 0) is 14.3 Å². The number of fused-ring (bicyclic) bond motifs is 2. The fourth-order valence-corrected chi connectivity index (χ4v) is 3.40. The fraction of sp³-hybridized carbons (Fsp3) is 0.0667. The molecule has 0 atom stereocenters. The molecule has 0 aliphatic carbocycles. The number of rotatable bonds is 2. The van der Waals surface area contributed by atoms with Crippen LogP contribution in [0.1, 0.15) is 0 Å². The van der Waals surface area contributed by atoms with Gasteiger partial charge in [-0.2, -0.15) is 8.42 Å². The lowest BCUT2D eigenvalue weighted by atomic mass is 10.0. The molecule has 3 nitrogen and oxygen atoms in total. The Morgan fingerprint density at radius 1 is 0.842 bits per heavy atom. The van der Waals surface area contributed by atoms with Crippen LogP contribution in [0.3, 0.4) is 0 Å². The Labute approximate surface area is 111 Å². The van der Waals surface area contributed by atoms with Crippen LogP contribution < -0.4 is 0 Å². The predicted octanol–water partition coefficient (Wildman–Crippen LogP) is 3.33. The topological polar surface area (TPSA) is 43.4 Å². The maximum Gasteiger partial charge on any atom is 0.297 e. The Bertz CT molecular complexity index is 813. The van der Waals surface area contributed by atoms with Gasteiger partial charge < -0.3 is 0 Å². The van der Waals surface area contributed by atoms with E-state index in [0.29, 0.717) is 10.8 Å². The summed E-state index contributed by atoms with van der Waals surface area (Å²) < 4.78 is 29.1. The summed E-state index contributed by atoms with van der Waals surface area (Å²) in [7, 11) is -2.56. The highest BCUT2D eigenvalue weighted by Crippen LogP contribution is 2.32. The maximum atomic E-state index is 12.2. The van der Waals surface area contributed by atoms with Crippen molar-refractivity contribution >= 4 is 31.7 Å². The van der Waals surface area contributed by atoms with Crippen molar-refractivity contribution in [1.82, 2.24) is 0 Å². The average molecular weight is 272 g/mol. The monoisotopic (exact) mass is 272 g/mol. The molecule has 0 amide bonds. The molecule has 0 aliphatic heterocycles. The largest absolute Gasteiger partial charge is 0.297 e. The summed E-state index contributed by atoms with van der Waals surface area (Å²) in [6.45, 7) is 0. The molecule has 0 aromatic heterocycles. The van der Waals surface area contributed by atoms with Crippen molar-refractivity contribution in [2.45, 2.75) is 4.90 Å². The summed E-state index contributed by atoms with van der Waals surface area (Å²) in [6, 6.07) is 16.8. The zero-order valence-corrected chi connectivity index (χ0v) is 11.1. The molecule has 0 N–H and O–H groups in total. The SMILES string of the molecule is COS(=O)(=O)c1c2ccccc2cc2ccccc12. The smallest absolute Gasteiger partial charge is 0.270 e. The Kier molecular flexibility index (Phi) is 2.77. The van der Waals surface area contributed by atoms with Crippen LogP contribution >= 0.6 is 0 Å². The molecule has 0 unspecified atom stereocenters. The van der Waals surface area contributed by atoms with Crippen molar-refractivity contribution in [3.63, 3.8) is 0 Å². The lowest BCUT2D eigenvalue weighted by Crippen LogP contribution is -2.04. The van der Waals surface area contributed by atoms with E-state index in [1.165, 1.54) is 7.11 Å². The summed E-state index contributed by atoms with van der Waals surface area (Å²) in [4.78, 5) is 0.240. The third-order valence-corrected chi connectivity index (χ3v) is 4.57. The zero-order chi connectivity index (χ0) is 13.5. The van der Waals surface area contributed by atoms with Crippen LogP contribution in [0.25, 0.3) is 21.5 Å². The van der Waals surface area contributed by atoms with Crippen molar-refractivity contribution in [3.8, 4) is 0 Å². The molecule has 0 spiro atoms. The molecule has 3 aromatic carbocycles. The summed E-state index contributed by atoms with van der Waals surface area (Å²) >= 11 is 0. The minimum absolute atomic E-state index is 0.240. The molecule has 19 heavy (non-hydrogen) atoms. The van der Waals surface area contributed by atoms with Gasteiger partial charge in [0.15, 0.2) is 0 Å². The van der Waals surface area contributed by atoms with Gasteiger partial charge >= 0.3 is 0 Å². The van der Waals surface area contributed by atoms with Gasteiger partial charge in [-0.15, -0.1) is 0 Å². The minimum Gasteiger partial charge on any atom is -0.270 e. The highest BCUT2D eigenvalue weighted by molar-refractivity contribution is 7.87. The molecule has 96 valence electrons. The molecule has 3 rings (SSSR count). The van der Waals surface area contributed by atoms with Crippen LogP contribution in [0.2, 0.25) is 0 Å². The molecule has 0 saturated carbocycles. The van der Waals surface area contributed by atoms with Gasteiger partial charge in [0.2, 0.25) is 0 Å². The first-order chi connectivity index (χ1) is 9.13. The Morgan fingerprint density at radius 2 is 1.32 bits per heavy atom. The van der Waals surface area contributed by atoms with Gasteiger partial charge in [-0.3, -0.25) is 4.18 Å². The van der Waals surface area contributed by atoms with Gasteiger partial charge in [-0.05, 0) is 16.8 Å². The molecule has 0 saturated heterocycles. The van der Waals surface area contributed by atoms with Crippen LogP contribution in [0, 0.1) is 0 Å². The molecule has 3 aromatic rings. The molecular weight excluding hydrogens is 260 g/mol. The first kappa shape index (κ1) is 12.1. The standard InChI is InChI=1S/C15H12O3S/c1-18-19(16,17)15-13-8-4-2-6-11(13)10-12-7-3-5-9-14(12)15/h2-10H,1H3. The summed E-state index contributed by atoms with van der Waals surface area (Å²) in [6.07, 6.45) is 0. The van der Waals surface area contributed by atoms with E-state index >= 15 is 0 Å². The first-order valence-electron chi connectivity index (χ1n) is 5.84. The van der Waals surface area contributed by atoms with Crippen LogP contribution in [0.5, 0.6) is 0 Å². The third-order valence-electron chi connectivity index (χ3n) is 3.19. The lowest BCUT2D eigenvalue weighted by Gasteiger charge is -2.10. The zero-order valence-electron chi connectivity index (χ0n) is 10.3. The van der Waals surface area contributed by atoms with E-state index < -0.39 is 10.1 Å². The Morgan fingerprint density at radius 3 is 1.79 bits per heavy atom. The normalized spacial score (nSPS) is 12.1. The number of hydrogen-bond donors (Lipinski definition) is 0. The molecule has 0 heterocycles. The highest BCUT2D eigenvalue weighted by atomic mass is 32.2. The van der Waals surface area contributed by atoms with E-state index in [2.05, 4.69) is 0 Å². The van der Waals surface area contributed by atoms with Crippen LogP contribution in [0.4, 0.5) is 0 Å². The van der Waals surface area contributed by atoms with Crippen molar-refractivity contribution in [3.05, 3.63) is 54.6 Å². The Hall–Kier alpha value is -1.91. The first-order valence-corrected chi connectivity index (χ1v) is 7.25. The second kappa shape index (κ2) is 4.33. The van der Waals surface area contributed by atoms with E-state index in [4.69, 9.17) is 4.18 Å². The van der Waals surface area contributed by atoms with E-state index in [1.54, 1.807) is 12.1 Å². The van der Waals surface area contributed by atoms with Crippen molar-refractivity contribution < 1.29 is 12.6 Å². The molecule has 0 aliphatic rings. The van der Waals surface area contributed by atoms with Crippen LogP contribution in [0.15, 0.2) is 59.5 Å². The molecule has 0 radical (unpaired) electrons. The van der Waals surface area contributed by atoms with E-state index in [9.17, 15) is 8.42 Å². The molecule has 0 bridgehead atoms. The van der Waals surface area contributed by atoms with Gasteiger partial charge in [-0.1, -0.05) is 48.5 Å². The summed E-state index contributed by atoms with van der Waals surface area (Å²) in [5.74, 6) is 0. The van der Waals surface area contributed by atoms with Gasteiger partial charge in [-0.25, -0.2) is 0 Å². The molecular formula is C15H12O3S. The van der Waals surface area contributed by atoms with Crippen LogP contribution in [-0.4, -0.2) is 15.5 Å². The fourth-order valence-electron chi connectivity index (χ4n) is 2.32. The lowest BCUT2D eigenvalue weighted by molar-refractivity contribution is 0.399. The predicted molar refractivity (Wildman–Crippen MR) is 75.6 cm³/mol. The van der Waals surface area contributed by atoms with Crippen molar-refractivity contribution in [2.75, 3.05) is 7.11 Å². The quantitative estimate of drug-likeness (QED) is 0.531. The second-order valence-corrected chi connectivity index (χ2v) is 5.92. The van der Waals surface area contributed by atoms with Gasteiger partial charge in [0, 0.05) is 10.8 Å². The number of hydrogen-bond acceptors (Lipinski definition) is 3.